The number of hydrogen-bond donors (Lipinski definition) is 0. The number of carbonyl (C=O) groups is 2. The van der Waals surface area contributed by atoms with Crippen molar-refractivity contribution in [2.75, 3.05) is 14.2 Å². The molecule has 152 valence electrons. The molecule has 0 aliphatic heterocycles. The molecule has 0 aliphatic rings. The Hall–Kier alpha value is -3.23. The van der Waals surface area contributed by atoms with Gasteiger partial charge in [0, 0.05) is 0 Å². The van der Waals surface area contributed by atoms with Gasteiger partial charge in [-0.05, 0) is 0 Å². The summed E-state index contributed by atoms with van der Waals surface area (Å²) in [6.07, 6.45) is 2.86. The van der Waals surface area contributed by atoms with Crippen LogP contribution >= 0.6 is 0 Å². The molecule has 0 bridgehead atoms. The van der Waals surface area contributed by atoms with E-state index in [0.29, 0.717) is 4.30 Å². The first-order chi connectivity index (χ1) is 14.6. The van der Waals surface area contributed by atoms with E-state index in [2.05, 4.69) is 0 Å². The Bertz CT molecular complexity index is 984. The van der Waals surface area contributed by atoms with Crippen molar-refractivity contribution < 1.29 is 19.1 Å². The second-order valence-corrected chi connectivity index (χ2v) is 13.5. The van der Waals surface area contributed by atoms with Gasteiger partial charge in [0.1, 0.15) is 0 Å². The fourth-order valence-corrected chi connectivity index (χ4v) is 12.4. The molecule has 0 saturated heterocycles. The average Bonchev–Trinajstić information content (AvgIpc) is 2.82. The molecule has 0 N–H and O–H groups in total. The molecule has 0 amide bonds. The van der Waals surface area contributed by atoms with E-state index in [-0.39, 0.29) is 0 Å². The van der Waals surface area contributed by atoms with Crippen LogP contribution in [0.5, 0.6) is 0 Å². The number of hydrogen-bond acceptors (Lipinski definition) is 4. The molecule has 0 saturated carbocycles. The quantitative estimate of drug-likeness (QED) is 0.319. The van der Waals surface area contributed by atoms with Crippen molar-refractivity contribution in [3.8, 4) is 0 Å². The van der Waals surface area contributed by atoms with E-state index in [1.165, 1.54) is 20.3 Å². The Morgan fingerprint density at radius 2 is 1.03 bits per heavy atom. The molecule has 3 aromatic rings. The van der Waals surface area contributed by atoms with E-state index >= 15 is 0 Å². The number of ether oxygens (including phenoxy) is 2. The molecule has 0 spiro atoms. The Balaban J connectivity index is 2.58. The summed E-state index contributed by atoms with van der Waals surface area (Å²) in [5, 5.41) is 0. The summed E-state index contributed by atoms with van der Waals surface area (Å²) in [5.41, 5.74) is 0. The molecular formula is C25H23AsO4. The zero-order valence-electron chi connectivity index (χ0n) is 16.9. The van der Waals surface area contributed by atoms with Crippen molar-refractivity contribution in [3.05, 3.63) is 103 Å². The second kappa shape index (κ2) is 10.00. The molecule has 3 rings (SSSR count). The van der Waals surface area contributed by atoms with Gasteiger partial charge in [0.15, 0.2) is 0 Å². The first-order valence-electron chi connectivity index (χ1n) is 9.42. The van der Waals surface area contributed by atoms with E-state index in [1.54, 1.807) is 6.08 Å². The number of carbonyl (C=O) groups excluding carboxylic acids is 2. The molecule has 0 atom stereocenters. The minimum atomic E-state index is -3.56. The molecule has 5 heteroatoms. The molecule has 0 aliphatic carbocycles. The zero-order chi connectivity index (χ0) is 21.4. The van der Waals surface area contributed by atoms with Gasteiger partial charge in [0.2, 0.25) is 0 Å². The number of rotatable bonds is 6. The molecule has 0 heterocycles. The maximum absolute atomic E-state index is 13.2. The minimum absolute atomic E-state index is 0.459. The first kappa shape index (κ1) is 21.5. The van der Waals surface area contributed by atoms with Crippen molar-refractivity contribution in [3.63, 3.8) is 0 Å². The van der Waals surface area contributed by atoms with E-state index < -0.39 is 25.0 Å². The van der Waals surface area contributed by atoms with E-state index in [9.17, 15) is 9.59 Å². The summed E-state index contributed by atoms with van der Waals surface area (Å²) in [7, 11) is 2.67. The zero-order valence-corrected chi connectivity index (χ0v) is 18.8. The van der Waals surface area contributed by atoms with Gasteiger partial charge in [-0.3, -0.25) is 0 Å². The second-order valence-electron chi connectivity index (χ2n) is 6.41. The average molecular weight is 462 g/mol. The van der Waals surface area contributed by atoms with Crippen molar-refractivity contribution in [2.24, 2.45) is 0 Å². The summed E-state index contributed by atoms with van der Waals surface area (Å²) in [5.74, 6) is -0.988. The maximum atomic E-state index is 13.2. The van der Waals surface area contributed by atoms with Crippen LogP contribution in [0.4, 0.5) is 0 Å². The molecule has 4 nitrogen and oxygen atoms in total. The third-order valence-corrected chi connectivity index (χ3v) is 13.7. The van der Waals surface area contributed by atoms with Crippen molar-refractivity contribution >= 4 is 42.4 Å². The molecule has 0 aromatic heterocycles. The van der Waals surface area contributed by atoms with E-state index in [0.717, 1.165) is 13.1 Å². The van der Waals surface area contributed by atoms with Crippen molar-refractivity contribution in [1.82, 2.24) is 0 Å². The van der Waals surface area contributed by atoms with Gasteiger partial charge < -0.3 is 0 Å². The standard InChI is InChI=1S/C25H23AsO4/c1-29-24(27)19-18-23(25(28)30-2)26(20-12-6-3-7-13-20,21-14-8-4-9-15-21)22-16-10-5-11-17-22/h3-19H,1-2H3/b19-18+. The number of benzene rings is 3. The van der Waals surface area contributed by atoms with Crippen LogP contribution in [-0.2, 0) is 19.1 Å². The summed E-state index contributed by atoms with van der Waals surface area (Å²) < 4.78 is 13.6. The van der Waals surface area contributed by atoms with Crippen LogP contribution < -0.4 is 13.1 Å². The predicted octanol–water partition coefficient (Wildman–Crippen LogP) is 1.81. The van der Waals surface area contributed by atoms with Gasteiger partial charge in [-0.2, -0.15) is 0 Å². The number of esters is 2. The van der Waals surface area contributed by atoms with Gasteiger partial charge in [-0.15, -0.1) is 0 Å². The molecule has 3 aromatic carbocycles. The Morgan fingerprint density at radius 3 is 1.37 bits per heavy atom. The van der Waals surface area contributed by atoms with Crippen molar-refractivity contribution in [1.29, 1.82) is 0 Å². The Morgan fingerprint density at radius 1 is 0.633 bits per heavy atom. The number of methoxy groups -OCH3 is 2. The van der Waals surface area contributed by atoms with Crippen LogP contribution in [0.25, 0.3) is 0 Å². The van der Waals surface area contributed by atoms with Crippen LogP contribution in [0, 0.1) is 0 Å². The SMILES string of the molecule is COC(=O)/C=C/C(C(=O)OC)=[As](c1ccccc1)(c1ccccc1)c1ccccc1. The van der Waals surface area contributed by atoms with Gasteiger partial charge in [0.05, 0.1) is 0 Å². The van der Waals surface area contributed by atoms with Gasteiger partial charge in [-0.25, -0.2) is 0 Å². The third-order valence-electron chi connectivity index (χ3n) is 4.76. The monoisotopic (exact) mass is 462 g/mol. The van der Waals surface area contributed by atoms with Crippen LogP contribution in [0.15, 0.2) is 103 Å². The van der Waals surface area contributed by atoms with Crippen LogP contribution in [0.1, 0.15) is 0 Å². The third kappa shape index (κ3) is 4.19. The Kier molecular flexibility index (Phi) is 7.16. The molecule has 0 radical (unpaired) electrons. The molecule has 30 heavy (non-hydrogen) atoms. The summed E-state index contributed by atoms with van der Waals surface area (Å²) in [6.45, 7) is 0. The van der Waals surface area contributed by atoms with Crippen LogP contribution in [0.2, 0.25) is 0 Å². The van der Waals surface area contributed by atoms with E-state index in [1.807, 2.05) is 91.0 Å². The fourth-order valence-electron chi connectivity index (χ4n) is 3.46. The molecule has 0 unspecified atom stereocenters. The van der Waals surface area contributed by atoms with E-state index in [4.69, 9.17) is 9.47 Å². The summed E-state index contributed by atoms with van der Waals surface area (Å²) in [6, 6.07) is 29.9. The summed E-state index contributed by atoms with van der Waals surface area (Å²) >= 11 is -3.56. The van der Waals surface area contributed by atoms with Gasteiger partial charge >= 0.3 is 179 Å². The topological polar surface area (TPSA) is 52.6 Å². The normalized spacial score (nSPS) is 11.1. The fraction of sp³-hybridized carbons (Fsp3) is 0.0800. The molecule has 0 fully saturated rings. The predicted molar refractivity (Wildman–Crippen MR) is 122 cm³/mol. The first-order valence-corrected chi connectivity index (χ1v) is 13.2. The van der Waals surface area contributed by atoms with Crippen molar-refractivity contribution in [2.45, 2.75) is 0 Å². The van der Waals surface area contributed by atoms with Gasteiger partial charge in [-0.1, -0.05) is 0 Å². The van der Waals surface area contributed by atoms with Gasteiger partial charge in [0.25, 0.3) is 0 Å². The van der Waals surface area contributed by atoms with Crippen LogP contribution in [-0.4, -0.2) is 43.6 Å². The summed E-state index contributed by atoms with van der Waals surface area (Å²) in [4.78, 5) is 25.1. The molecular weight excluding hydrogens is 439 g/mol. The Labute approximate surface area is 178 Å². The van der Waals surface area contributed by atoms with Crippen LogP contribution in [0.3, 0.4) is 0 Å².